The second-order valence-corrected chi connectivity index (χ2v) is 5.86. The molecule has 3 aromatic rings. The molecule has 0 amide bonds. The van der Waals surface area contributed by atoms with E-state index in [2.05, 4.69) is 8.75 Å². The van der Waals surface area contributed by atoms with Crippen LogP contribution in [0.25, 0.3) is 11.0 Å². The molecular formula is C16H15N3O3S. The third-order valence-corrected chi connectivity index (χ3v) is 4.19. The van der Waals surface area contributed by atoms with Crippen LogP contribution in [0, 0.1) is 0 Å². The number of rotatable bonds is 5. The van der Waals surface area contributed by atoms with Crippen LogP contribution < -0.4 is 0 Å². The molecule has 1 atom stereocenters. The van der Waals surface area contributed by atoms with Gasteiger partial charge in [-0.1, -0.05) is 18.2 Å². The molecule has 0 saturated carbocycles. The molecule has 1 unspecified atom stereocenters. The summed E-state index contributed by atoms with van der Waals surface area (Å²) in [5.41, 5.74) is 3.25. The lowest BCUT2D eigenvalue weighted by molar-refractivity contribution is -0.143. The van der Waals surface area contributed by atoms with Crippen LogP contribution in [0.15, 0.2) is 42.5 Å². The quantitative estimate of drug-likeness (QED) is 0.748. The van der Waals surface area contributed by atoms with Gasteiger partial charge in [-0.05, 0) is 42.4 Å². The average molecular weight is 329 g/mol. The van der Waals surface area contributed by atoms with E-state index in [1.165, 1.54) is 12.1 Å². The number of benzene rings is 2. The number of hydrogen-bond donors (Lipinski definition) is 2. The normalized spacial score (nSPS) is 12.6. The first-order valence-corrected chi connectivity index (χ1v) is 7.71. The first-order chi connectivity index (χ1) is 11.0. The van der Waals surface area contributed by atoms with Crippen LogP contribution in [0.3, 0.4) is 0 Å². The molecule has 0 aliphatic rings. The molecule has 1 aromatic heterocycles. The minimum absolute atomic E-state index is 0.113. The Bertz CT molecular complexity index is 832. The molecule has 0 fully saturated rings. The molecule has 7 heteroatoms. The van der Waals surface area contributed by atoms with Gasteiger partial charge in [0.15, 0.2) is 0 Å². The lowest BCUT2D eigenvalue weighted by Gasteiger charge is -2.25. The van der Waals surface area contributed by atoms with Gasteiger partial charge in [0.05, 0.1) is 11.7 Å². The predicted octanol–water partition coefficient (Wildman–Crippen LogP) is 2.65. The van der Waals surface area contributed by atoms with E-state index in [-0.39, 0.29) is 5.75 Å². The highest BCUT2D eigenvalue weighted by molar-refractivity contribution is 7.00. The molecule has 2 aromatic carbocycles. The summed E-state index contributed by atoms with van der Waals surface area (Å²) in [6.07, 6.45) is 0. The number of phenolic OH excluding ortho intramolecular Hbond substituents is 1. The second-order valence-electron chi connectivity index (χ2n) is 5.33. The van der Waals surface area contributed by atoms with Crippen LogP contribution in [0.1, 0.15) is 17.2 Å². The van der Waals surface area contributed by atoms with Gasteiger partial charge in [-0.25, -0.2) is 0 Å². The monoisotopic (exact) mass is 329 g/mol. The van der Waals surface area contributed by atoms with E-state index in [4.69, 9.17) is 0 Å². The summed E-state index contributed by atoms with van der Waals surface area (Å²) in [5.74, 6) is -0.823. The van der Waals surface area contributed by atoms with Gasteiger partial charge in [0.1, 0.15) is 22.8 Å². The summed E-state index contributed by atoms with van der Waals surface area (Å²) in [7, 11) is 1.76. The predicted molar refractivity (Wildman–Crippen MR) is 87.4 cm³/mol. The summed E-state index contributed by atoms with van der Waals surface area (Å²) in [5, 5.41) is 18.9. The summed E-state index contributed by atoms with van der Waals surface area (Å²) < 4.78 is 8.36. The van der Waals surface area contributed by atoms with E-state index in [9.17, 15) is 15.0 Å². The number of fused-ring (bicyclic) bond motifs is 1. The molecule has 0 spiro atoms. The van der Waals surface area contributed by atoms with E-state index in [1.807, 2.05) is 18.2 Å². The Morgan fingerprint density at radius 1 is 1.17 bits per heavy atom. The van der Waals surface area contributed by atoms with E-state index < -0.39 is 12.0 Å². The average Bonchev–Trinajstić information content (AvgIpc) is 2.96. The molecule has 1 heterocycles. The van der Waals surface area contributed by atoms with Crippen molar-refractivity contribution >= 4 is 28.7 Å². The lowest BCUT2D eigenvalue weighted by Crippen LogP contribution is -2.30. The van der Waals surface area contributed by atoms with Gasteiger partial charge in [0.25, 0.3) is 0 Å². The smallest absolute Gasteiger partial charge is 0.325 e. The first kappa shape index (κ1) is 15.4. The number of carboxylic acids is 1. The highest BCUT2D eigenvalue weighted by Gasteiger charge is 2.24. The van der Waals surface area contributed by atoms with Gasteiger partial charge in [0, 0.05) is 6.54 Å². The van der Waals surface area contributed by atoms with Crippen molar-refractivity contribution in [2.75, 3.05) is 7.05 Å². The molecule has 118 valence electrons. The van der Waals surface area contributed by atoms with Crippen LogP contribution in [-0.4, -0.2) is 36.9 Å². The summed E-state index contributed by atoms with van der Waals surface area (Å²) in [6, 6.07) is 11.2. The molecule has 0 saturated heterocycles. The standard InChI is InChI=1S/C16H15N3O3S/c1-19(9-10-2-7-13-14(8-10)18-23-17-13)15(16(21)22)11-3-5-12(20)6-4-11/h2-8,15,20H,9H2,1H3,(H,21,22). The third-order valence-electron chi connectivity index (χ3n) is 3.63. The molecule has 0 aliphatic heterocycles. The molecule has 0 bridgehead atoms. The zero-order valence-corrected chi connectivity index (χ0v) is 13.2. The Balaban J connectivity index is 1.84. The molecule has 0 aliphatic carbocycles. The summed E-state index contributed by atoms with van der Waals surface area (Å²) >= 11 is 1.16. The van der Waals surface area contributed by atoms with E-state index in [1.54, 1.807) is 24.1 Å². The minimum Gasteiger partial charge on any atom is -0.508 e. The zero-order chi connectivity index (χ0) is 16.4. The highest BCUT2D eigenvalue weighted by atomic mass is 32.1. The number of aliphatic carboxylic acids is 1. The van der Waals surface area contributed by atoms with E-state index in [0.717, 1.165) is 28.3 Å². The van der Waals surface area contributed by atoms with Crippen LogP contribution in [0.5, 0.6) is 5.75 Å². The number of carboxylic acid groups (broad SMARTS) is 1. The van der Waals surface area contributed by atoms with Crippen molar-refractivity contribution in [1.29, 1.82) is 0 Å². The maximum absolute atomic E-state index is 11.7. The largest absolute Gasteiger partial charge is 0.508 e. The van der Waals surface area contributed by atoms with Crippen LogP contribution in [0.4, 0.5) is 0 Å². The highest BCUT2D eigenvalue weighted by Crippen LogP contribution is 2.24. The number of carbonyl (C=O) groups is 1. The molecule has 2 N–H and O–H groups in total. The fourth-order valence-corrected chi connectivity index (χ4v) is 3.06. The second kappa shape index (κ2) is 6.31. The van der Waals surface area contributed by atoms with Gasteiger partial charge in [-0.2, -0.15) is 8.75 Å². The van der Waals surface area contributed by atoms with Crippen molar-refractivity contribution < 1.29 is 15.0 Å². The molecule has 3 rings (SSSR count). The topological polar surface area (TPSA) is 86.6 Å². The zero-order valence-electron chi connectivity index (χ0n) is 12.4. The summed E-state index contributed by atoms with van der Waals surface area (Å²) in [6.45, 7) is 0.464. The van der Waals surface area contributed by atoms with Gasteiger partial charge < -0.3 is 10.2 Å². The van der Waals surface area contributed by atoms with Crippen molar-refractivity contribution in [2.45, 2.75) is 12.6 Å². The molecule has 0 radical (unpaired) electrons. The third kappa shape index (κ3) is 3.30. The fourth-order valence-electron chi connectivity index (χ4n) is 2.55. The van der Waals surface area contributed by atoms with E-state index >= 15 is 0 Å². The minimum atomic E-state index is -0.936. The number of nitrogens with zero attached hydrogens (tertiary/aromatic N) is 3. The number of hydrogen-bond acceptors (Lipinski definition) is 6. The van der Waals surface area contributed by atoms with Gasteiger partial charge in [-0.15, -0.1) is 0 Å². The van der Waals surface area contributed by atoms with Crippen molar-refractivity contribution in [1.82, 2.24) is 13.6 Å². The Labute approximate surface area is 137 Å². The molecule has 23 heavy (non-hydrogen) atoms. The van der Waals surface area contributed by atoms with E-state index in [0.29, 0.717) is 12.1 Å². The number of aromatic hydroxyl groups is 1. The van der Waals surface area contributed by atoms with Gasteiger partial charge in [-0.3, -0.25) is 9.69 Å². The lowest BCUT2D eigenvalue weighted by atomic mass is 10.0. The van der Waals surface area contributed by atoms with Crippen LogP contribution in [0.2, 0.25) is 0 Å². The Hall–Kier alpha value is -2.51. The fraction of sp³-hybridized carbons (Fsp3) is 0.188. The van der Waals surface area contributed by atoms with Crippen molar-refractivity contribution in [3.8, 4) is 5.75 Å². The maximum atomic E-state index is 11.7. The Morgan fingerprint density at radius 2 is 1.87 bits per heavy atom. The number of aromatic nitrogens is 2. The summed E-state index contributed by atoms with van der Waals surface area (Å²) in [4.78, 5) is 13.4. The maximum Gasteiger partial charge on any atom is 0.325 e. The first-order valence-electron chi connectivity index (χ1n) is 6.98. The molecular weight excluding hydrogens is 314 g/mol. The SMILES string of the molecule is CN(Cc1ccc2nsnc2c1)C(C(=O)O)c1ccc(O)cc1. The van der Waals surface area contributed by atoms with Crippen molar-refractivity contribution in [3.05, 3.63) is 53.6 Å². The van der Waals surface area contributed by atoms with Crippen molar-refractivity contribution in [2.24, 2.45) is 0 Å². The van der Waals surface area contributed by atoms with Gasteiger partial charge >= 0.3 is 5.97 Å². The van der Waals surface area contributed by atoms with Crippen LogP contribution in [-0.2, 0) is 11.3 Å². The van der Waals surface area contributed by atoms with Crippen molar-refractivity contribution in [3.63, 3.8) is 0 Å². The Kier molecular flexibility index (Phi) is 4.22. The molecule has 6 nitrogen and oxygen atoms in total. The number of phenols is 1. The number of likely N-dealkylation sites (N-methyl/N-ethyl adjacent to an activating group) is 1. The van der Waals surface area contributed by atoms with Crippen LogP contribution >= 0.6 is 11.7 Å². The Morgan fingerprint density at radius 3 is 2.57 bits per heavy atom. The van der Waals surface area contributed by atoms with Gasteiger partial charge in [0.2, 0.25) is 0 Å².